The van der Waals surface area contributed by atoms with Crippen molar-refractivity contribution < 1.29 is 4.79 Å². The number of aromatic nitrogens is 3. The Bertz CT molecular complexity index is 1240. The van der Waals surface area contributed by atoms with Gasteiger partial charge in [0, 0.05) is 5.39 Å². The van der Waals surface area contributed by atoms with E-state index in [2.05, 4.69) is 27.6 Å². The number of rotatable bonds is 4. The molecule has 0 spiro atoms. The molecule has 28 heavy (non-hydrogen) atoms. The highest BCUT2D eigenvalue weighted by Crippen LogP contribution is 2.28. The smallest absolute Gasteiger partial charge is 0.237 e. The van der Waals surface area contributed by atoms with E-state index in [-0.39, 0.29) is 5.91 Å². The number of hydrogen-bond donors (Lipinski definition) is 1. The summed E-state index contributed by atoms with van der Waals surface area (Å²) in [5, 5.41) is 21.9. The second-order valence-electron chi connectivity index (χ2n) is 6.43. The number of anilines is 1. The number of para-hydroxylation sites is 2. The fraction of sp³-hybridized carbons (Fsp3) is 0.143. The predicted molar refractivity (Wildman–Crippen MR) is 110 cm³/mol. The number of benzene rings is 2. The summed E-state index contributed by atoms with van der Waals surface area (Å²) in [6, 6.07) is 19.1. The zero-order valence-electron chi connectivity index (χ0n) is 15.4. The molecule has 0 saturated heterocycles. The summed E-state index contributed by atoms with van der Waals surface area (Å²) < 4.78 is 1.97. The van der Waals surface area contributed by atoms with Crippen LogP contribution in [0.3, 0.4) is 0 Å². The molecule has 0 unspecified atom stereocenters. The first-order valence-electron chi connectivity index (χ1n) is 8.78. The largest absolute Gasteiger partial charge is 0.324 e. The quantitative estimate of drug-likeness (QED) is 0.531. The van der Waals surface area contributed by atoms with Crippen LogP contribution in [0.5, 0.6) is 0 Å². The lowest BCUT2D eigenvalue weighted by molar-refractivity contribution is -0.115. The first kappa shape index (κ1) is 18.0. The molecular formula is C21H17N5OS. The van der Waals surface area contributed by atoms with Crippen LogP contribution in [0.2, 0.25) is 0 Å². The summed E-state index contributed by atoms with van der Waals surface area (Å²) in [5.41, 5.74) is 3.83. The maximum atomic E-state index is 12.7. The minimum atomic E-state index is -0.417. The van der Waals surface area contributed by atoms with Gasteiger partial charge in [-0.25, -0.2) is 0 Å². The Kier molecular flexibility index (Phi) is 4.72. The van der Waals surface area contributed by atoms with Crippen molar-refractivity contribution in [3.63, 3.8) is 0 Å². The molecule has 6 nitrogen and oxygen atoms in total. The lowest BCUT2D eigenvalue weighted by Crippen LogP contribution is -2.23. The van der Waals surface area contributed by atoms with Crippen LogP contribution < -0.4 is 5.32 Å². The lowest BCUT2D eigenvalue weighted by Gasteiger charge is -2.13. The van der Waals surface area contributed by atoms with Gasteiger partial charge in [0.15, 0.2) is 10.8 Å². The summed E-state index contributed by atoms with van der Waals surface area (Å²) in [6.45, 7) is 3.86. The highest BCUT2D eigenvalue weighted by molar-refractivity contribution is 8.00. The number of hydrogen-bond acceptors (Lipinski definition) is 5. The van der Waals surface area contributed by atoms with E-state index in [1.165, 1.54) is 11.8 Å². The molecule has 0 saturated carbocycles. The first-order chi connectivity index (χ1) is 13.6. The summed E-state index contributed by atoms with van der Waals surface area (Å²) in [7, 11) is 0. The van der Waals surface area contributed by atoms with Gasteiger partial charge in [0.1, 0.15) is 6.07 Å². The third-order valence-electron chi connectivity index (χ3n) is 4.53. The van der Waals surface area contributed by atoms with E-state index in [4.69, 9.17) is 0 Å². The van der Waals surface area contributed by atoms with Gasteiger partial charge in [-0.2, -0.15) is 5.26 Å². The molecule has 1 amide bonds. The van der Waals surface area contributed by atoms with E-state index >= 15 is 0 Å². The molecule has 7 heteroatoms. The van der Waals surface area contributed by atoms with Crippen molar-refractivity contribution in [2.24, 2.45) is 0 Å². The van der Waals surface area contributed by atoms with Gasteiger partial charge >= 0.3 is 0 Å². The molecule has 138 valence electrons. The van der Waals surface area contributed by atoms with E-state index in [1.54, 1.807) is 24.3 Å². The minimum Gasteiger partial charge on any atom is -0.324 e. The number of thioether (sulfide) groups is 1. The van der Waals surface area contributed by atoms with E-state index in [0.717, 1.165) is 22.1 Å². The number of nitrogens with one attached hydrogen (secondary N) is 1. The number of aryl methyl sites for hydroxylation is 1. The van der Waals surface area contributed by atoms with Gasteiger partial charge in [0.2, 0.25) is 5.91 Å². The Morgan fingerprint density at radius 2 is 1.93 bits per heavy atom. The van der Waals surface area contributed by atoms with Gasteiger partial charge in [-0.15, -0.1) is 10.2 Å². The number of amides is 1. The third kappa shape index (κ3) is 3.19. The predicted octanol–water partition coefficient (Wildman–Crippen LogP) is 4.18. The minimum absolute atomic E-state index is 0.194. The van der Waals surface area contributed by atoms with Crippen LogP contribution in [0.25, 0.3) is 16.6 Å². The van der Waals surface area contributed by atoms with Crippen LogP contribution in [-0.2, 0) is 4.79 Å². The molecule has 2 aromatic heterocycles. The normalized spacial score (nSPS) is 12.0. The monoisotopic (exact) mass is 387 g/mol. The molecule has 2 heterocycles. The fourth-order valence-corrected chi connectivity index (χ4v) is 3.95. The third-order valence-corrected chi connectivity index (χ3v) is 5.57. The highest BCUT2D eigenvalue weighted by atomic mass is 32.2. The molecule has 0 aliphatic heterocycles. The molecule has 2 aromatic carbocycles. The van der Waals surface area contributed by atoms with Crippen LogP contribution in [0, 0.1) is 18.3 Å². The topological polar surface area (TPSA) is 83.1 Å². The zero-order chi connectivity index (χ0) is 19.7. The second-order valence-corrected chi connectivity index (χ2v) is 7.74. The molecule has 1 N–H and O–H groups in total. The molecule has 0 aliphatic rings. The average Bonchev–Trinajstić information content (AvgIpc) is 3.11. The molecular weight excluding hydrogens is 370 g/mol. The summed E-state index contributed by atoms with van der Waals surface area (Å²) >= 11 is 1.34. The van der Waals surface area contributed by atoms with Crippen LogP contribution >= 0.6 is 11.8 Å². The van der Waals surface area contributed by atoms with E-state index in [9.17, 15) is 10.1 Å². The second kappa shape index (κ2) is 7.33. The van der Waals surface area contributed by atoms with E-state index in [1.807, 2.05) is 42.5 Å². The van der Waals surface area contributed by atoms with Gasteiger partial charge in [0.25, 0.3) is 0 Å². The van der Waals surface area contributed by atoms with Crippen molar-refractivity contribution in [2.45, 2.75) is 24.3 Å². The SMILES string of the molecule is Cc1cc2nnc(S[C@H](C)C(=O)Nc3ccccc3C#N)n2c2ccccc12. The average molecular weight is 387 g/mol. The Morgan fingerprint density at radius 1 is 1.18 bits per heavy atom. The number of pyridine rings is 1. The molecule has 0 aliphatic carbocycles. The van der Waals surface area contributed by atoms with Gasteiger partial charge in [0.05, 0.1) is 22.0 Å². The number of fused-ring (bicyclic) bond motifs is 3. The van der Waals surface area contributed by atoms with Crippen molar-refractivity contribution in [1.29, 1.82) is 5.26 Å². The molecule has 0 radical (unpaired) electrons. The van der Waals surface area contributed by atoms with E-state index < -0.39 is 5.25 Å². The van der Waals surface area contributed by atoms with Gasteiger partial charge in [-0.1, -0.05) is 42.1 Å². The van der Waals surface area contributed by atoms with E-state index in [0.29, 0.717) is 16.4 Å². The van der Waals surface area contributed by atoms with Crippen molar-refractivity contribution in [2.75, 3.05) is 5.32 Å². The van der Waals surface area contributed by atoms with Gasteiger partial charge < -0.3 is 5.32 Å². The maximum Gasteiger partial charge on any atom is 0.237 e. The maximum absolute atomic E-state index is 12.7. The van der Waals surface area contributed by atoms with Crippen LogP contribution in [-0.4, -0.2) is 25.8 Å². The van der Waals surface area contributed by atoms with Crippen molar-refractivity contribution >= 4 is 39.9 Å². The molecule has 0 fully saturated rings. The number of nitrogens with zero attached hydrogens (tertiary/aromatic N) is 4. The number of carbonyl (C=O) groups excluding carboxylic acids is 1. The van der Waals surface area contributed by atoms with Crippen molar-refractivity contribution in [1.82, 2.24) is 14.6 Å². The Hall–Kier alpha value is -3.37. The molecule has 4 aromatic rings. The Balaban J connectivity index is 1.64. The summed E-state index contributed by atoms with van der Waals surface area (Å²) in [4.78, 5) is 12.7. The van der Waals surface area contributed by atoms with Crippen molar-refractivity contribution in [3.05, 3.63) is 65.7 Å². The standard InChI is InChI=1S/C21H17N5OS/c1-13-11-19-24-25-21(26(19)18-10-6-4-8-16(13)18)28-14(2)20(27)23-17-9-5-3-7-15(17)12-22/h3-11,14H,1-2H3,(H,23,27)/t14-/m1/s1. The summed E-state index contributed by atoms with van der Waals surface area (Å²) in [6.07, 6.45) is 0. The Labute approximate surface area is 166 Å². The van der Waals surface area contributed by atoms with Crippen LogP contribution in [0.1, 0.15) is 18.1 Å². The van der Waals surface area contributed by atoms with Crippen LogP contribution in [0.4, 0.5) is 5.69 Å². The Morgan fingerprint density at radius 3 is 2.75 bits per heavy atom. The fourth-order valence-electron chi connectivity index (χ4n) is 3.09. The lowest BCUT2D eigenvalue weighted by atomic mass is 10.1. The van der Waals surface area contributed by atoms with Gasteiger partial charge in [-0.3, -0.25) is 9.20 Å². The molecule has 1 atom stereocenters. The van der Waals surface area contributed by atoms with Gasteiger partial charge in [-0.05, 0) is 43.7 Å². The number of nitriles is 1. The number of carbonyl (C=O) groups is 1. The van der Waals surface area contributed by atoms with Crippen molar-refractivity contribution in [3.8, 4) is 6.07 Å². The zero-order valence-corrected chi connectivity index (χ0v) is 16.2. The molecule has 4 rings (SSSR count). The highest BCUT2D eigenvalue weighted by Gasteiger charge is 2.20. The summed E-state index contributed by atoms with van der Waals surface area (Å²) in [5.74, 6) is -0.194. The van der Waals surface area contributed by atoms with Crippen LogP contribution in [0.15, 0.2) is 59.8 Å². The molecule has 0 bridgehead atoms. The first-order valence-corrected chi connectivity index (χ1v) is 9.66.